The summed E-state index contributed by atoms with van der Waals surface area (Å²) in [6.45, 7) is 8.04. The van der Waals surface area contributed by atoms with Gasteiger partial charge in [0.1, 0.15) is 0 Å². The molecule has 5 heteroatoms. The summed E-state index contributed by atoms with van der Waals surface area (Å²) >= 11 is 0. The molecule has 0 bridgehead atoms. The van der Waals surface area contributed by atoms with Crippen molar-refractivity contribution < 1.29 is 9.53 Å². The first-order valence-corrected chi connectivity index (χ1v) is 9.53. The molecular formula is C22H29N3O2. The van der Waals surface area contributed by atoms with Gasteiger partial charge in [-0.25, -0.2) is 0 Å². The van der Waals surface area contributed by atoms with Crippen molar-refractivity contribution in [2.24, 2.45) is 0 Å². The van der Waals surface area contributed by atoms with E-state index in [0.29, 0.717) is 0 Å². The molecule has 1 saturated heterocycles. The lowest BCUT2D eigenvalue weighted by Crippen LogP contribution is -2.40. The van der Waals surface area contributed by atoms with E-state index in [2.05, 4.69) is 39.4 Å². The van der Waals surface area contributed by atoms with Crippen molar-refractivity contribution in [1.82, 2.24) is 4.90 Å². The fourth-order valence-corrected chi connectivity index (χ4v) is 3.25. The van der Waals surface area contributed by atoms with Crippen molar-refractivity contribution >= 4 is 17.3 Å². The van der Waals surface area contributed by atoms with Crippen LogP contribution in [0.5, 0.6) is 0 Å². The van der Waals surface area contributed by atoms with Crippen molar-refractivity contribution in [3.8, 4) is 0 Å². The topological polar surface area (TPSA) is 44.8 Å². The van der Waals surface area contributed by atoms with E-state index in [1.807, 2.05) is 45.2 Å². The Kier molecular flexibility index (Phi) is 6.48. The number of hydrogen-bond donors (Lipinski definition) is 1. The molecule has 1 N–H and O–H groups in total. The Hall–Kier alpha value is -2.37. The molecule has 2 aromatic carbocycles. The molecule has 1 atom stereocenters. The van der Waals surface area contributed by atoms with E-state index in [9.17, 15) is 4.79 Å². The Balaban J connectivity index is 1.64. The molecule has 0 spiro atoms. The summed E-state index contributed by atoms with van der Waals surface area (Å²) in [7, 11) is 2.00. The summed E-state index contributed by atoms with van der Waals surface area (Å²) < 4.78 is 5.47. The quantitative estimate of drug-likeness (QED) is 0.851. The van der Waals surface area contributed by atoms with Crippen LogP contribution < -0.4 is 10.2 Å². The smallest absolute Gasteiger partial charge is 0.241 e. The van der Waals surface area contributed by atoms with Gasteiger partial charge in [-0.2, -0.15) is 0 Å². The number of nitrogens with zero attached hydrogens (tertiary/aromatic N) is 2. The first kappa shape index (κ1) is 19.4. The van der Waals surface area contributed by atoms with Gasteiger partial charge in [0.2, 0.25) is 5.91 Å². The van der Waals surface area contributed by atoms with Crippen LogP contribution in [0.4, 0.5) is 11.4 Å². The van der Waals surface area contributed by atoms with E-state index in [-0.39, 0.29) is 11.9 Å². The monoisotopic (exact) mass is 367 g/mol. The number of carbonyl (C=O) groups excluding carboxylic acids is 1. The molecule has 1 aliphatic heterocycles. The number of likely N-dealkylation sites (N-methyl/N-ethyl adjacent to an activating group) is 1. The minimum Gasteiger partial charge on any atom is -0.378 e. The maximum absolute atomic E-state index is 12.6. The summed E-state index contributed by atoms with van der Waals surface area (Å²) in [6, 6.07) is 16.1. The third-order valence-electron chi connectivity index (χ3n) is 5.12. The zero-order valence-corrected chi connectivity index (χ0v) is 16.4. The van der Waals surface area contributed by atoms with Crippen molar-refractivity contribution in [1.29, 1.82) is 0 Å². The minimum atomic E-state index is -0.232. The number of hydrogen-bond acceptors (Lipinski definition) is 4. The van der Waals surface area contributed by atoms with Crippen molar-refractivity contribution in [2.45, 2.75) is 26.4 Å². The Morgan fingerprint density at radius 3 is 2.52 bits per heavy atom. The first-order chi connectivity index (χ1) is 13.0. The van der Waals surface area contributed by atoms with E-state index in [1.54, 1.807) is 0 Å². The van der Waals surface area contributed by atoms with Crippen LogP contribution in [0.15, 0.2) is 48.5 Å². The van der Waals surface area contributed by atoms with E-state index < -0.39 is 0 Å². The van der Waals surface area contributed by atoms with Crippen LogP contribution in [0.2, 0.25) is 0 Å². The summed E-state index contributed by atoms with van der Waals surface area (Å²) in [5.74, 6) is 0.00482. The number of nitrogens with one attached hydrogen (secondary N) is 1. The molecule has 0 saturated carbocycles. The lowest BCUT2D eigenvalue weighted by atomic mass is 10.1. The first-order valence-electron chi connectivity index (χ1n) is 9.53. The van der Waals surface area contributed by atoms with Crippen LogP contribution in [0.25, 0.3) is 0 Å². The highest BCUT2D eigenvalue weighted by Crippen LogP contribution is 2.23. The predicted octanol–water partition coefficient (Wildman–Crippen LogP) is 3.29. The van der Waals surface area contributed by atoms with Crippen LogP contribution >= 0.6 is 0 Å². The molecule has 5 nitrogen and oxygen atoms in total. The van der Waals surface area contributed by atoms with Crippen LogP contribution in [-0.4, -0.2) is 50.2 Å². The summed E-state index contributed by atoms with van der Waals surface area (Å²) in [5.41, 5.74) is 4.48. The number of amides is 1. The second-order valence-electron chi connectivity index (χ2n) is 7.17. The molecule has 3 rings (SSSR count). The second kappa shape index (κ2) is 9.02. The number of carbonyl (C=O) groups is 1. The van der Waals surface area contributed by atoms with E-state index in [4.69, 9.17) is 4.74 Å². The maximum Gasteiger partial charge on any atom is 0.241 e. The van der Waals surface area contributed by atoms with Gasteiger partial charge >= 0.3 is 0 Å². The average molecular weight is 367 g/mol. The van der Waals surface area contributed by atoms with Gasteiger partial charge in [-0.05, 0) is 44.7 Å². The maximum atomic E-state index is 12.6. The molecule has 1 heterocycles. The van der Waals surface area contributed by atoms with Crippen LogP contribution in [0.3, 0.4) is 0 Å². The second-order valence-corrected chi connectivity index (χ2v) is 7.17. The lowest BCUT2D eigenvalue weighted by Gasteiger charge is -2.32. The van der Waals surface area contributed by atoms with Crippen molar-refractivity contribution in [2.75, 3.05) is 43.6 Å². The van der Waals surface area contributed by atoms with Crippen LogP contribution in [0, 0.1) is 6.92 Å². The third-order valence-corrected chi connectivity index (χ3v) is 5.12. The Bertz CT molecular complexity index is 754. The van der Waals surface area contributed by atoms with E-state index in [0.717, 1.165) is 38.5 Å². The average Bonchev–Trinajstić information content (AvgIpc) is 2.70. The lowest BCUT2D eigenvalue weighted by molar-refractivity contribution is -0.120. The van der Waals surface area contributed by atoms with Crippen molar-refractivity contribution in [3.05, 3.63) is 59.7 Å². The summed E-state index contributed by atoms with van der Waals surface area (Å²) in [6.07, 6.45) is 0. The highest BCUT2D eigenvalue weighted by molar-refractivity contribution is 5.94. The summed E-state index contributed by atoms with van der Waals surface area (Å²) in [4.78, 5) is 17.1. The summed E-state index contributed by atoms with van der Waals surface area (Å²) in [5, 5.41) is 3.01. The zero-order valence-electron chi connectivity index (χ0n) is 16.4. The fourth-order valence-electron chi connectivity index (χ4n) is 3.25. The molecule has 0 aliphatic carbocycles. The molecule has 0 radical (unpaired) electrons. The standard InChI is InChI=1S/C22H29N3O2/c1-17-8-10-20(11-9-17)23-22(26)18(2)24(3)16-19-6-4-5-7-21(19)25-12-14-27-15-13-25/h4-11,18H,12-16H2,1-3H3,(H,23,26). The normalized spacial score (nSPS) is 15.6. The fraction of sp³-hybridized carbons (Fsp3) is 0.409. The number of rotatable bonds is 6. The molecule has 1 amide bonds. The predicted molar refractivity (Wildman–Crippen MR) is 110 cm³/mol. The molecule has 0 aromatic heterocycles. The van der Waals surface area contributed by atoms with Crippen molar-refractivity contribution in [3.63, 3.8) is 0 Å². The molecule has 27 heavy (non-hydrogen) atoms. The van der Waals surface area contributed by atoms with Crippen LogP contribution in [0.1, 0.15) is 18.1 Å². The van der Waals surface area contributed by atoms with Gasteiger partial charge in [-0.3, -0.25) is 9.69 Å². The number of ether oxygens (including phenoxy) is 1. The van der Waals surface area contributed by atoms with E-state index in [1.165, 1.54) is 16.8 Å². The van der Waals surface area contributed by atoms with Gasteiger partial charge in [0.15, 0.2) is 0 Å². The van der Waals surface area contributed by atoms with Gasteiger partial charge in [0.25, 0.3) is 0 Å². The number of anilines is 2. The van der Waals surface area contributed by atoms with Gasteiger partial charge in [-0.15, -0.1) is 0 Å². The number of aryl methyl sites for hydroxylation is 1. The van der Waals surface area contributed by atoms with E-state index >= 15 is 0 Å². The molecule has 2 aromatic rings. The largest absolute Gasteiger partial charge is 0.378 e. The van der Waals surface area contributed by atoms with Gasteiger partial charge < -0.3 is 15.0 Å². The highest BCUT2D eigenvalue weighted by atomic mass is 16.5. The molecule has 1 fully saturated rings. The minimum absolute atomic E-state index is 0.00482. The van der Waals surface area contributed by atoms with Crippen LogP contribution in [-0.2, 0) is 16.1 Å². The zero-order chi connectivity index (χ0) is 19.2. The van der Waals surface area contributed by atoms with Gasteiger partial charge in [-0.1, -0.05) is 35.9 Å². The number of benzene rings is 2. The SMILES string of the molecule is Cc1ccc(NC(=O)C(C)N(C)Cc2ccccc2N2CCOCC2)cc1. The molecule has 144 valence electrons. The number of morpholine rings is 1. The molecule has 1 unspecified atom stereocenters. The van der Waals surface area contributed by atoms with Gasteiger partial charge in [0.05, 0.1) is 19.3 Å². The molecule has 1 aliphatic rings. The Morgan fingerprint density at radius 1 is 1.15 bits per heavy atom. The Labute approximate surface area is 161 Å². The number of para-hydroxylation sites is 1. The Morgan fingerprint density at radius 2 is 1.81 bits per heavy atom. The third kappa shape index (κ3) is 5.08. The van der Waals surface area contributed by atoms with Gasteiger partial charge in [0, 0.05) is 31.0 Å². The molecular weight excluding hydrogens is 338 g/mol. The highest BCUT2D eigenvalue weighted by Gasteiger charge is 2.21.